The van der Waals surface area contributed by atoms with E-state index in [0.717, 1.165) is 35.7 Å². The molecule has 0 fully saturated rings. The van der Waals surface area contributed by atoms with E-state index >= 15 is 0 Å². The summed E-state index contributed by atoms with van der Waals surface area (Å²) in [6.45, 7) is 7.14. The van der Waals surface area contributed by atoms with Crippen LogP contribution in [0.3, 0.4) is 0 Å². The lowest BCUT2D eigenvalue weighted by Crippen LogP contribution is -2.24. The quantitative estimate of drug-likeness (QED) is 0.822. The highest BCUT2D eigenvalue weighted by Crippen LogP contribution is 2.26. The van der Waals surface area contributed by atoms with E-state index in [-0.39, 0.29) is 16.9 Å². The van der Waals surface area contributed by atoms with Gasteiger partial charge in [-0.2, -0.15) is 0 Å². The Morgan fingerprint density at radius 1 is 1.38 bits per heavy atom. The largest absolute Gasteiger partial charge is 0.310 e. The van der Waals surface area contributed by atoms with Gasteiger partial charge in [-0.15, -0.1) is 11.3 Å². The third-order valence-corrected chi connectivity index (χ3v) is 4.82. The summed E-state index contributed by atoms with van der Waals surface area (Å²) < 4.78 is 13.3. The van der Waals surface area contributed by atoms with Crippen molar-refractivity contribution < 1.29 is 4.39 Å². The number of aryl methyl sites for hydroxylation is 2. The van der Waals surface area contributed by atoms with Gasteiger partial charge in [-0.3, -0.25) is 0 Å². The van der Waals surface area contributed by atoms with E-state index in [1.165, 1.54) is 10.9 Å². The van der Waals surface area contributed by atoms with Crippen molar-refractivity contribution in [3.05, 3.63) is 50.2 Å². The van der Waals surface area contributed by atoms with Crippen LogP contribution in [0.4, 0.5) is 4.39 Å². The van der Waals surface area contributed by atoms with E-state index in [4.69, 9.17) is 11.6 Å². The van der Waals surface area contributed by atoms with Crippen molar-refractivity contribution in [2.45, 2.75) is 39.7 Å². The van der Waals surface area contributed by atoms with E-state index in [0.29, 0.717) is 0 Å². The van der Waals surface area contributed by atoms with Gasteiger partial charge in [-0.05, 0) is 44.5 Å². The molecule has 0 aliphatic rings. The summed E-state index contributed by atoms with van der Waals surface area (Å²) in [4.78, 5) is 5.84. The number of thiazole rings is 1. The summed E-state index contributed by atoms with van der Waals surface area (Å²) in [5, 5.41) is 4.76. The molecule has 0 spiro atoms. The maximum Gasteiger partial charge on any atom is 0.141 e. The average molecular weight is 327 g/mol. The Labute approximate surface area is 134 Å². The fourth-order valence-electron chi connectivity index (χ4n) is 2.16. The maximum absolute atomic E-state index is 13.3. The highest BCUT2D eigenvalue weighted by atomic mass is 35.5. The van der Waals surface area contributed by atoms with Gasteiger partial charge in [0.1, 0.15) is 5.82 Å². The average Bonchev–Trinajstić information content (AvgIpc) is 2.76. The van der Waals surface area contributed by atoms with Crippen LogP contribution < -0.4 is 5.32 Å². The van der Waals surface area contributed by atoms with Crippen LogP contribution in [0, 0.1) is 19.7 Å². The van der Waals surface area contributed by atoms with E-state index in [9.17, 15) is 4.39 Å². The van der Waals surface area contributed by atoms with Crippen molar-refractivity contribution in [1.29, 1.82) is 0 Å². The van der Waals surface area contributed by atoms with Crippen molar-refractivity contribution in [2.75, 3.05) is 6.54 Å². The SMILES string of the molecule is CCCNC(Cc1nc(C)c(C)s1)c1ccc(F)c(Cl)c1. The zero-order chi connectivity index (χ0) is 15.4. The van der Waals surface area contributed by atoms with E-state index in [1.54, 1.807) is 23.5 Å². The first-order valence-electron chi connectivity index (χ1n) is 7.12. The third kappa shape index (κ3) is 4.25. The molecule has 0 aliphatic heterocycles. The standard InChI is InChI=1S/C16H20ClFN2S/c1-4-7-19-15(9-16-20-10(2)11(3)21-16)12-5-6-14(18)13(17)8-12/h5-6,8,15,19H,4,7,9H2,1-3H3. The molecular weight excluding hydrogens is 307 g/mol. The van der Waals surface area contributed by atoms with Crippen LogP contribution in [0.2, 0.25) is 5.02 Å². The molecule has 1 aromatic carbocycles. The Morgan fingerprint density at radius 2 is 2.14 bits per heavy atom. The van der Waals surface area contributed by atoms with Crippen molar-refractivity contribution in [1.82, 2.24) is 10.3 Å². The van der Waals surface area contributed by atoms with Gasteiger partial charge in [0.15, 0.2) is 0 Å². The van der Waals surface area contributed by atoms with Gasteiger partial charge >= 0.3 is 0 Å². The Balaban J connectivity index is 2.22. The minimum atomic E-state index is -0.379. The molecule has 0 radical (unpaired) electrons. The van der Waals surface area contributed by atoms with Crippen LogP contribution in [0.15, 0.2) is 18.2 Å². The Hall–Kier alpha value is -0.970. The summed E-state index contributed by atoms with van der Waals surface area (Å²) in [7, 11) is 0. The minimum absolute atomic E-state index is 0.105. The second-order valence-corrected chi connectivity index (χ2v) is 6.83. The van der Waals surface area contributed by atoms with Gasteiger partial charge in [0.25, 0.3) is 0 Å². The molecular formula is C16H20ClFN2S. The third-order valence-electron chi connectivity index (χ3n) is 3.44. The number of hydrogen-bond donors (Lipinski definition) is 1. The molecule has 0 amide bonds. The van der Waals surface area contributed by atoms with E-state index in [2.05, 4.69) is 24.1 Å². The molecule has 1 heterocycles. The molecule has 1 atom stereocenters. The molecule has 5 heteroatoms. The number of aromatic nitrogens is 1. The number of halogens is 2. The van der Waals surface area contributed by atoms with Gasteiger partial charge in [0.05, 0.1) is 15.7 Å². The minimum Gasteiger partial charge on any atom is -0.310 e. The molecule has 1 aromatic heterocycles. The second kappa shape index (κ2) is 7.34. The predicted octanol–water partition coefficient (Wildman–Crippen LogP) is 4.84. The van der Waals surface area contributed by atoms with Crippen LogP contribution in [-0.4, -0.2) is 11.5 Å². The van der Waals surface area contributed by atoms with Gasteiger partial charge < -0.3 is 5.32 Å². The lowest BCUT2D eigenvalue weighted by Gasteiger charge is -2.18. The number of nitrogens with zero attached hydrogens (tertiary/aromatic N) is 1. The smallest absolute Gasteiger partial charge is 0.141 e. The van der Waals surface area contributed by atoms with Gasteiger partial charge in [0, 0.05) is 17.3 Å². The Bertz CT molecular complexity index is 593. The lowest BCUT2D eigenvalue weighted by atomic mass is 10.0. The van der Waals surface area contributed by atoms with Crippen LogP contribution in [0.25, 0.3) is 0 Å². The number of benzene rings is 1. The first kappa shape index (κ1) is 16.4. The van der Waals surface area contributed by atoms with Crippen molar-refractivity contribution in [2.24, 2.45) is 0 Å². The second-order valence-electron chi connectivity index (χ2n) is 5.13. The van der Waals surface area contributed by atoms with Gasteiger partial charge in [0.2, 0.25) is 0 Å². The molecule has 1 unspecified atom stereocenters. The molecule has 0 aliphatic carbocycles. The highest BCUT2D eigenvalue weighted by Gasteiger charge is 2.16. The summed E-state index contributed by atoms with van der Waals surface area (Å²) in [6.07, 6.45) is 1.84. The van der Waals surface area contributed by atoms with Crippen molar-refractivity contribution in [3.8, 4) is 0 Å². The van der Waals surface area contributed by atoms with Crippen LogP contribution in [0.1, 0.15) is 40.5 Å². The zero-order valence-corrected chi connectivity index (χ0v) is 14.1. The normalized spacial score (nSPS) is 12.6. The Morgan fingerprint density at radius 3 is 2.71 bits per heavy atom. The Kier molecular flexibility index (Phi) is 5.73. The maximum atomic E-state index is 13.3. The molecule has 1 N–H and O–H groups in total. The van der Waals surface area contributed by atoms with Crippen LogP contribution in [-0.2, 0) is 6.42 Å². The summed E-state index contributed by atoms with van der Waals surface area (Å²) in [6, 6.07) is 5.03. The molecule has 0 saturated heterocycles. The van der Waals surface area contributed by atoms with Crippen LogP contribution in [0.5, 0.6) is 0 Å². The molecule has 21 heavy (non-hydrogen) atoms. The number of rotatable bonds is 6. The molecule has 2 aromatic rings. The lowest BCUT2D eigenvalue weighted by molar-refractivity contribution is 0.526. The van der Waals surface area contributed by atoms with Gasteiger partial charge in [-0.25, -0.2) is 9.37 Å². The topological polar surface area (TPSA) is 24.9 Å². The molecule has 0 saturated carbocycles. The first-order valence-corrected chi connectivity index (χ1v) is 8.32. The molecule has 2 nitrogen and oxygen atoms in total. The molecule has 2 rings (SSSR count). The van der Waals surface area contributed by atoms with Crippen LogP contribution >= 0.6 is 22.9 Å². The fourth-order valence-corrected chi connectivity index (χ4v) is 3.33. The molecule has 114 valence electrons. The summed E-state index contributed by atoms with van der Waals surface area (Å²) in [5.74, 6) is -0.379. The summed E-state index contributed by atoms with van der Waals surface area (Å²) >= 11 is 7.63. The predicted molar refractivity (Wildman–Crippen MR) is 87.7 cm³/mol. The van der Waals surface area contributed by atoms with E-state index < -0.39 is 0 Å². The van der Waals surface area contributed by atoms with Crippen molar-refractivity contribution >= 4 is 22.9 Å². The molecule has 0 bridgehead atoms. The van der Waals surface area contributed by atoms with Gasteiger partial charge in [-0.1, -0.05) is 24.6 Å². The van der Waals surface area contributed by atoms with E-state index in [1.807, 2.05) is 6.92 Å². The zero-order valence-electron chi connectivity index (χ0n) is 12.5. The first-order chi connectivity index (χ1) is 10.0. The highest BCUT2D eigenvalue weighted by molar-refractivity contribution is 7.11. The number of nitrogens with one attached hydrogen (secondary N) is 1. The fraction of sp³-hybridized carbons (Fsp3) is 0.438. The van der Waals surface area contributed by atoms with Crippen molar-refractivity contribution in [3.63, 3.8) is 0 Å². The number of hydrogen-bond acceptors (Lipinski definition) is 3. The summed E-state index contributed by atoms with van der Waals surface area (Å²) in [5.41, 5.74) is 2.08. The monoisotopic (exact) mass is 326 g/mol.